The monoisotopic (exact) mass is 269 g/mol. The molecule has 0 spiro atoms. The molecule has 0 saturated carbocycles. The van der Waals surface area contributed by atoms with Crippen molar-refractivity contribution in [2.45, 2.75) is 4.90 Å². The zero-order valence-electron chi connectivity index (χ0n) is 8.39. The van der Waals surface area contributed by atoms with Crippen molar-refractivity contribution in [2.24, 2.45) is 5.73 Å². The van der Waals surface area contributed by atoms with Crippen LogP contribution in [0.3, 0.4) is 0 Å². The first-order valence-corrected chi connectivity index (χ1v) is 5.35. The molecular formula is C9H17Cl2N3S. The molecular weight excluding hydrogens is 253 g/mol. The van der Waals surface area contributed by atoms with Crippen molar-refractivity contribution in [2.75, 3.05) is 25.4 Å². The Hall–Kier alpha value is -0.000000000000000167. The topological polar surface area (TPSA) is 50.9 Å². The number of pyridine rings is 1. The maximum atomic E-state index is 5.34. The number of nitrogens with two attached hydrogens (primary N) is 1. The van der Waals surface area contributed by atoms with Gasteiger partial charge in [-0.1, -0.05) is 0 Å². The summed E-state index contributed by atoms with van der Waals surface area (Å²) in [6.45, 7) is 2.61. The van der Waals surface area contributed by atoms with Gasteiger partial charge in [-0.25, -0.2) is 0 Å². The number of halogens is 2. The largest absolute Gasteiger partial charge is 0.329 e. The lowest BCUT2D eigenvalue weighted by atomic mass is 10.5. The average molecular weight is 270 g/mol. The van der Waals surface area contributed by atoms with Crippen LogP contribution in [-0.2, 0) is 0 Å². The van der Waals surface area contributed by atoms with Crippen LogP contribution in [0.4, 0.5) is 0 Å². The maximum absolute atomic E-state index is 5.34. The van der Waals surface area contributed by atoms with E-state index >= 15 is 0 Å². The van der Waals surface area contributed by atoms with Crippen LogP contribution in [0.1, 0.15) is 0 Å². The first-order chi connectivity index (χ1) is 6.43. The number of nitrogens with one attached hydrogen (secondary N) is 1. The molecule has 1 heterocycles. The summed E-state index contributed by atoms with van der Waals surface area (Å²) in [6, 6.07) is 4.04. The normalized spacial score (nSPS) is 8.87. The van der Waals surface area contributed by atoms with Crippen LogP contribution in [-0.4, -0.2) is 30.4 Å². The van der Waals surface area contributed by atoms with Crippen molar-refractivity contribution in [3.63, 3.8) is 0 Å². The van der Waals surface area contributed by atoms with Gasteiger partial charge in [0.05, 0.1) is 0 Å². The highest BCUT2D eigenvalue weighted by atomic mass is 35.5. The Morgan fingerprint density at radius 1 is 1.20 bits per heavy atom. The first-order valence-electron chi connectivity index (χ1n) is 4.37. The Balaban J connectivity index is 0. The van der Waals surface area contributed by atoms with Gasteiger partial charge in [-0.3, -0.25) is 4.98 Å². The molecule has 0 aliphatic heterocycles. The fraction of sp³-hybridized carbons (Fsp3) is 0.444. The van der Waals surface area contributed by atoms with Gasteiger partial charge < -0.3 is 11.1 Å². The van der Waals surface area contributed by atoms with E-state index in [4.69, 9.17) is 5.73 Å². The van der Waals surface area contributed by atoms with Crippen molar-refractivity contribution in [1.29, 1.82) is 0 Å². The Morgan fingerprint density at radius 2 is 1.87 bits per heavy atom. The lowest BCUT2D eigenvalue weighted by Gasteiger charge is -2.02. The van der Waals surface area contributed by atoms with Gasteiger partial charge in [0, 0.05) is 42.7 Å². The zero-order chi connectivity index (χ0) is 9.36. The second-order valence-electron chi connectivity index (χ2n) is 2.57. The van der Waals surface area contributed by atoms with Crippen molar-refractivity contribution in [3.05, 3.63) is 24.5 Å². The number of rotatable bonds is 6. The third kappa shape index (κ3) is 8.96. The van der Waals surface area contributed by atoms with Gasteiger partial charge >= 0.3 is 0 Å². The smallest absolute Gasteiger partial charge is 0.0278 e. The Bertz CT molecular complexity index is 224. The van der Waals surface area contributed by atoms with Gasteiger partial charge in [0.15, 0.2) is 0 Å². The van der Waals surface area contributed by atoms with E-state index in [0.29, 0.717) is 6.54 Å². The van der Waals surface area contributed by atoms with E-state index in [1.807, 2.05) is 36.3 Å². The third-order valence-corrected chi connectivity index (χ3v) is 2.53. The number of aromatic nitrogens is 1. The molecule has 6 heteroatoms. The Morgan fingerprint density at radius 3 is 2.47 bits per heavy atom. The standard InChI is InChI=1S/C9H15N3S.2ClH/c10-3-6-12-7-8-13-9-1-4-11-5-2-9;;/h1-2,4-5,12H,3,6-8,10H2;2*1H. The molecule has 3 nitrogen and oxygen atoms in total. The van der Waals surface area contributed by atoms with Crippen LogP contribution < -0.4 is 11.1 Å². The maximum Gasteiger partial charge on any atom is 0.0278 e. The fourth-order valence-corrected chi connectivity index (χ4v) is 1.70. The van der Waals surface area contributed by atoms with Gasteiger partial charge in [-0.05, 0) is 12.1 Å². The Kier molecular flexibility index (Phi) is 14.0. The third-order valence-electron chi connectivity index (χ3n) is 1.52. The molecule has 0 bridgehead atoms. The molecule has 0 aromatic carbocycles. The lowest BCUT2D eigenvalue weighted by molar-refractivity contribution is 0.729. The molecule has 0 aliphatic carbocycles. The highest BCUT2D eigenvalue weighted by molar-refractivity contribution is 7.99. The van der Waals surface area contributed by atoms with Crippen molar-refractivity contribution in [1.82, 2.24) is 10.3 Å². The summed E-state index contributed by atoms with van der Waals surface area (Å²) in [6.07, 6.45) is 3.63. The lowest BCUT2D eigenvalue weighted by Crippen LogP contribution is -2.24. The van der Waals surface area contributed by atoms with Crippen LogP contribution in [0.5, 0.6) is 0 Å². The van der Waals surface area contributed by atoms with E-state index in [-0.39, 0.29) is 24.8 Å². The van der Waals surface area contributed by atoms with Crippen LogP contribution in [0, 0.1) is 0 Å². The minimum absolute atomic E-state index is 0. The van der Waals surface area contributed by atoms with Crippen molar-refractivity contribution < 1.29 is 0 Å². The van der Waals surface area contributed by atoms with Gasteiger partial charge in [-0.2, -0.15) is 0 Å². The van der Waals surface area contributed by atoms with E-state index in [0.717, 1.165) is 18.8 Å². The van der Waals surface area contributed by atoms with Crippen molar-refractivity contribution >= 4 is 36.6 Å². The van der Waals surface area contributed by atoms with Crippen LogP contribution >= 0.6 is 36.6 Å². The highest BCUT2D eigenvalue weighted by Crippen LogP contribution is 2.14. The summed E-state index contributed by atoms with van der Waals surface area (Å²) in [5.74, 6) is 1.07. The molecule has 1 aromatic rings. The summed E-state index contributed by atoms with van der Waals surface area (Å²) in [4.78, 5) is 5.23. The predicted molar refractivity (Wildman–Crippen MR) is 71.4 cm³/mol. The summed E-state index contributed by atoms with van der Waals surface area (Å²) in [5, 5.41) is 3.24. The molecule has 0 radical (unpaired) electrons. The summed E-state index contributed by atoms with van der Waals surface area (Å²) in [5.41, 5.74) is 5.34. The molecule has 3 N–H and O–H groups in total. The van der Waals surface area contributed by atoms with E-state index in [1.165, 1.54) is 4.90 Å². The minimum atomic E-state index is 0. The molecule has 0 saturated heterocycles. The van der Waals surface area contributed by atoms with E-state index in [1.54, 1.807) is 0 Å². The second kappa shape index (κ2) is 12.1. The van der Waals surface area contributed by atoms with Crippen LogP contribution in [0.25, 0.3) is 0 Å². The molecule has 15 heavy (non-hydrogen) atoms. The predicted octanol–water partition coefficient (Wildman–Crippen LogP) is 1.57. The minimum Gasteiger partial charge on any atom is -0.329 e. The van der Waals surface area contributed by atoms with Gasteiger partial charge in [0.2, 0.25) is 0 Å². The zero-order valence-corrected chi connectivity index (χ0v) is 10.8. The Labute approximate surface area is 107 Å². The average Bonchev–Trinajstić information content (AvgIpc) is 2.19. The van der Waals surface area contributed by atoms with Gasteiger partial charge in [0.25, 0.3) is 0 Å². The number of hydrogen-bond donors (Lipinski definition) is 2. The van der Waals surface area contributed by atoms with E-state index in [2.05, 4.69) is 10.3 Å². The van der Waals surface area contributed by atoms with Gasteiger partial charge in [-0.15, -0.1) is 36.6 Å². The van der Waals surface area contributed by atoms with E-state index < -0.39 is 0 Å². The fourth-order valence-electron chi connectivity index (χ4n) is 0.903. The second-order valence-corrected chi connectivity index (χ2v) is 3.74. The highest BCUT2D eigenvalue weighted by Gasteiger charge is 1.91. The first kappa shape index (κ1) is 17.4. The summed E-state index contributed by atoms with van der Waals surface area (Å²) < 4.78 is 0. The summed E-state index contributed by atoms with van der Waals surface area (Å²) >= 11 is 1.83. The molecule has 0 amide bonds. The number of thioether (sulfide) groups is 1. The SMILES string of the molecule is Cl.Cl.NCCNCCSc1ccncc1. The molecule has 1 aromatic heterocycles. The number of hydrogen-bond acceptors (Lipinski definition) is 4. The molecule has 0 fully saturated rings. The van der Waals surface area contributed by atoms with E-state index in [9.17, 15) is 0 Å². The molecule has 0 atom stereocenters. The van der Waals surface area contributed by atoms with Crippen LogP contribution in [0.2, 0.25) is 0 Å². The molecule has 1 rings (SSSR count). The molecule has 0 aliphatic rings. The van der Waals surface area contributed by atoms with Crippen molar-refractivity contribution in [3.8, 4) is 0 Å². The summed E-state index contributed by atoms with van der Waals surface area (Å²) in [7, 11) is 0. The molecule has 88 valence electrons. The van der Waals surface area contributed by atoms with Crippen LogP contribution in [0.15, 0.2) is 29.4 Å². The quantitative estimate of drug-likeness (QED) is 0.608. The number of nitrogens with zero attached hydrogens (tertiary/aromatic N) is 1. The molecule has 0 unspecified atom stereocenters. The van der Waals surface area contributed by atoms with Gasteiger partial charge in [0.1, 0.15) is 0 Å².